The Balaban J connectivity index is 2.04. The number of carbonyl (C=O) groups excluding carboxylic acids is 2. The van der Waals surface area contributed by atoms with Crippen LogP contribution in [-0.2, 0) is 0 Å². The maximum absolute atomic E-state index is 12.9. The molecule has 9 heteroatoms. The summed E-state index contributed by atoms with van der Waals surface area (Å²) >= 11 is 2.08. The third-order valence-corrected chi connectivity index (χ3v) is 5.56. The van der Waals surface area contributed by atoms with E-state index >= 15 is 0 Å². The summed E-state index contributed by atoms with van der Waals surface area (Å²) in [6, 6.07) is 8.80. The van der Waals surface area contributed by atoms with E-state index in [0.717, 1.165) is 3.57 Å². The number of azide groups is 1. The molecule has 0 bridgehead atoms. The Morgan fingerprint density at radius 3 is 2.66 bits per heavy atom. The van der Waals surface area contributed by atoms with Crippen LogP contribution in [0.2, 0.25) is 0 Å². The van der Waals surface area contributed by atoms with Crippen molar-refractivity contribution in [3.05, 3.63) is 67.1 Å². The Morgan fingerprint density at radius 2 is 2.00 bits per heavy atom. The van der Waals surface area contributed by atoms with Crippen molar-refractivity contribution in [3.63, 3.8) is 0 Å². The summed E-state index contributed by atoms with van der Waals surface area (Å²) in [6.07, 6.45) is -1.06. The number of carbonyl (C=O) groups is 2. The molecular weight excluding hydrogens is 487 g/mol. The molecule has 8 nitrogen and oxygen atoms in total. The molecule has 1 heterocycles. The van der Waals surface area contributed by atoms with Gasteiger partial charge in [0.1, 0.15) is 17.5 Å². The van der Waals surface area contributed by atoms with Crippen molar-refractivity contribution in [1.29, 1.82) is 0 Å². The van der Waals surface area contributed by atoms with Crippen molar-refractivity contribution in [2.45, 2.75) is 38.5 Å². The molecule has 0 aliphatic carbocycles. The lowest BCUT2D eigenvalue weighted by Gasteiger charge is -2.42. The number of nitrogens with zero attached hydrogens (tertiary/aromatic N) is 3. The normalized spacial score (nSPS) is 19.3. The van der Waals surface area contributed by atoms with Crippen molar-refractivity contribution in [3.8, 4) is 5.75 Å². The second-order valence-electron chi connectivity index (χ2n) is 7.27. The number of aliphatic hydroxyl groups excluding tert-OH is 1. The summed E-state index contributed by atoms with van der Waals surface area (Å²) in [7, 11) is 0. The molecule has 1 amide bonds. The third kappa shape index (κ3) is 4.21. The van der Waals surface area contributed by atoms with Crippen molar-refractivity contribution in [1.82, 2.24) is 5.32 Å². The van der Waals surface area contributed by atoms with Crippen LogP contribution >= 0.6 is 22.6 Å². The molecule has 0 aromatic heterocycles. The van der Waals surface area contributed by atoms with Crippen molar-refractivity contribution < 1.29 is 19.4 Å². The highest BCUT2D eigenvalue weighted by Gasteiger charge is 2.44. The number of rotatable bonds is 4. The molecule has 0 unspecified atom stereocenters. The van der Waals surface area contributed by atoms with Crippen LogP contribution in [0.1, 0.15) is 53.1 Å². The van der Waals surface area contributed by atoms with E-state index in [1.54, 1.807) is 44.2 Å². The van der Waals surface area contributed by atoms with Crippen LogP contribution in [0.3, 0.4) is 0 Å². The van der Waals surface area contributed by atoms with Crippen LogP contribution < -0.4 is 10.1 Å². The van der Waals surface area contributed by atoms with Gasteiger partial charge >= 0.3 is 0 Å². The predicted molar refractivity (Wildman–Crippen MR) is 115 cm³/mol. The van der Waals surface area contributed by atoms with Crippen LogP contribution in [0, 0.1) is 3.57 Å². The molecule has 2 aromatic carbocycles. The lowest BCUT2D eigenvalue weighted by Crippen LogP contribution is -2.53. The number of fused-ring (bicyclic) bond motifs is 1. The van der Waals surface area contributed by atoms with Crippen LogP contribution in [0.25, 0.3) is 10.4 Å². The highest BCUT2D eigenvalue weighted by Crippen LogP contribution is 2.43. The van der Waals surface area contributed by atoms with E-state index in [1.165, 1.54) is 13.0 Å². The fourth-order valence-corrected chi connectivity index (χ4v) is 3.95. The van der Waals surface area contributed by atoms with Gasteiger partial charge in [0.05, 0.1) is 9.61 Å². The Morgan fingerprint density at radius 1 is 1.28 bits per heavy atom. The van der Waals surface area contributed by atoms with Crippen LogP contribution in [-0.4, -0.2) is 28.5 Å². The number of nitrogens with one attached hydrogen (secondary N) is 1. The molecule has 2 aromatic rings. The zero-order chi connectivity index (χ0) is 21.3. The maximum Gasteiger partial charge on any atom is 0.251 e. The van der Waals surface area contributed by atoms with Gasteiger partial charge in [-0.15, -0.1) is 0 Å². The second-order valence-corrected chi connectivity index (χ2v) is 8.44. The molecule has 0 saturated heterocycles. The van der Waals surface area contributed by atoms with Crippen molar-refractivity contribution in [2.75, 3.05) is 0 Å². The fourth-order valence-electron chi connectivity index (χ4n) is 3.19. The van der Waals surface area contributed by atoms with Crippen LogP contribution in [0.15, 0.2) is 41.5 Å². The van der Waals surface area contributed by atoms with E-state index in [9.17, 15) is 14.7 Å². The molecule has 1 aliphatic heterocycles. The summed E-state index contributed by atoms with van der Waals surface area (Å²) in [5.41, 5.74) is 9.22. The van der Waals surface area contributed by atoms with Gasteiger partial charge in [-0.05, 0) is 73.2 Å². The minimum absolute atomic E-state index is 0.128. The summed E-state index contributed by atoms with van der Waals surface area (Å²) in [5, 5.41) is 17.3. The number of amides is 1. The molecule has 150 valence electrons. The number of aliphatic hydroxyl groups is 1. The minimum atomic E-state index is -1.06. The average Bonchev–Trinajstić information content (AvgIpc) is 2.66. The van der Waals surface area contributed by atoms with E-state index in [0.29, 0.717) is 22.6 Å². The first-order chi connectivity index (χ1) is 13.6. The zero-order valence-corrected chi connectivity index (χ0v) is 18.2. The standard InChI is InChI=1S/C20H19IN4O4/c1-10(26)12-8-14-16(18(27)20(2,3)29-17(14)15(21)9-12)23-19(28)11-5-4-6-13(7-11)24-25-22/h4-9,16,18,27H,1-3H3,(H,23,28)/t16-,18+/m0/s1. The fraction of sp³-hybridized carbons (Fsp3) is 0.300. The number of Topliss-reactive ketones (excluding diaryl/α,β-unsaturated/α-hetero) is 1. The van der Waals surface area contributed by atoms with Gasteiger partial charge in [-0.2, -0.15) is 0 Å². The molecule has 29 heavy (non-hydrogen) atoms. The van der Waals surface area contributed by atoms with E-state index in [4.69, 9.17) is 10.3 Å². The minimum Gasteiger partial charge on any atom is -0.484 e. The quantitative estimate of drug-likeness (QED) is 0.209. The van der Waals surface area contributed by atoms with Gasteiger partial charge in [-0.25, -0.2) is 0 Å². The molecule has 0 spiro atoms. The van der Waals surface area contributed by atoms with Crippen molar-refractivity contribution >= 4 is 40.0 Å². The number of hydrogen-bond acceptors (Lipinski definition) is 5. The first-order valence-corrected chi connectivity index (χ1v) is 9.89. The smallest absolute Gasteiger partial charge is 0.251 e. The van der Waals surface area contributed by atoms with Crippen LogP contribution in [0.4, 0.5) is 5.69 Å². The average molecular weight is 506 g/mol. The Bertz CT molecular complexity index is 1050. The van der Waals surface area contributed by atoms with Crippen LogP contribution in [0.5, 0.6) is 5.75 Å². The largest absolute Gasteiger partial charge is 0.484 e. The zero-order valence-electron chi connectivity index (χ0n) is 16.0. The van der Waals surface area contributed by atoms with E-state index in [-0.39, 0.29) is 11.3 Å². The lowest BCUT2D eigenvalue weighted by molar-refractivity contribution is -0.0633. The van der Waals surface area contributed by atoms with Gasteiger partial charge < -0.3 is 15.2 Å². The molecule has 0 radical (unpaired) electrons. The van der Waals surface area contributed by atoms with Gasteiger partial charge in [-0.1, -0.05) is 17.2 Å². The second kappa shape index (κ2) is 8.02. The third-order valence-electron chi connectivity index (χ3n) is 4.76. The summed E-state index contributed by atoms with van der Waals surface area (Å²) in [6.45, 7) is 4.92. The summed E-state index contributed by atoms with van der Waals surface area (Å²) in [4.78, 5) is 27.5. The van der Waals surface area contributed by atoms with Gasteiger partial charge in [-0.3, -0.25) is 9.59 Å². The molecule has 2 atom stereocenters. The topological polar surface area (TPSA) is 124 Å². The summed E-state index contributed by atoms with van der Waals surface area (Å²) < 4.78 is 6.71. The number of halogens is 1. The van der Waals surface area contributed by atoms with Gasteiger partial charge in [0, 0.05) is 27.3 Å². The number of ketones is 1. The number of benzene rings is 2. The molecule has 3 rings (SSSR count). The molecule has 0 fully saturated rings. The predicted octanol–water partition coefficient (Wildman–Crippen LogP) is 4.44. The first kappa shape index (κ1) is 21.1. The Kier molecular flexibility index (Phi) is 5.83. The Labute approximate surface area is 181 Å². The number of hydrogen-bond donors (Lipinski definition) is 2. The van der Waals surface area contributed by atoms with E-state index < -0.39 is 23.7 Å². The number of ether oxygens (including phenoxy) is 1. The molecular formula is C20H19IN4O4. The van der Waals surface area contributed by atoms with Gasteiger partial charge in [0.15, 0.2) is 5.78 Å². The lowest BCUT2D eigenvalue weighted by atomic mass is 9.85. The summed E-state index contributed by atoms with van der Waals surface area (Å²) in [5.74, 6) is -0.0489. The molecule has 1 aliphatic rings. The Hall–Kier alpha value is -2.62. The first-order valence-electron chi connectivity index (χ1n) is 8.81. The maximum atomic E-state index is 12.9. The molecule has 0 saturated carbocycles. The molecule has 2 N–H and O–H groups in total. The monoisotopic (exact) mass is 506 g/mol. The SMILES string of the molecule is CC(=O)c1cc(I)c2c(c1)[C@H](NC(=O)c1cccc(N=[N+]=[N-])c1)[C@@H](O)C(C)(C)O2. The van der Waals surface area contributed by atoms with Gasteiger partial charge in [0.2, 0.25) is 0 Å². The van der Waals surface area contributed by atoms with Crippen molar-refractivity contribution in [2.24, 2.45) is 5.11 Å². The van der Waals surface area contributed by atoms with E-state index in [1.807, 2.05) is 0 Å². The van der Waals surface area contributed by atoms with E-state index in [2.05, 4.69) is 37.9 Å². The van der Waals surface area contributed by atoms with Gasteiger partial charge in [0.25, 0.3) is 5.91 Å². The highest BCUT2D eigenvalue weighted by molar-refractivity contribution is 14.1. The highest BCUT2D eigenvalue weighted by atomic mass is 127.